The molecule has 142 valence electrons. The molecule has 1 aliphatic heterocycles. The summed E-state index contributed by atoms with van der Waals surface area (Å²) in [5.74, 6) is 0.358. The van der Waals surface area contributed by atoms with E-state index in [9.17, 15) is 9.18 Å². The lowest BCUT2D eigenvalue weighted by Gasteiger charge is -2.16. The van der Waals surface area contributed by atoms with Crippen LogP contribution in [-0.2, 0) is 11.3 Å². The van der Waals surface area contributed by atoms with Gasteiger partial charge in [0.25, 0.3) is 5.91 Å². The summed E-state index contributed by atoms with van der Waals surface area (Å²) in [4.78, 5) is 12.0. The van der Waals surface area contributed by atoms with Crippen LogP contribution >= 0.6 is 12.2 Å². The summed E-state index contributed by atoms with van der Waals surface area (Å²) in [5.41, 5.74) is 5.93. The Morgan fingerprint density at radius 1 is 1.22 bits per heavy atom. The highest BCUT2D eigenvalue weighted by Crippen LogP contribution is 2.32. The van der Waals surface area contributed by atoms with E-state index in [4.69, 9.17) is 26.4 Å². The molecule has 0 saturated carbocycles. The van der Waals surface area contributed by atoms with Crippen LogP contribution in [0.3, 0.4) is 0 Å². The second-order valence-electron chi connectivity index (χ2n) is 5.68. The average molecular weight is 391 g/mol. The van der Waals surface area contributed by atoms with Crippen molar-refractivity contribution in [2.24, 2.45) is 0 Å². The van der Waals surface area contributed by atoms with Crippen molar-refractivity contribution in [2.75, 3.05) is 6.79 Å². The standard InChI is InChI=1S/C18H18FN3O4S/c1-11(26-14-5-3-2-4-13(14)19)17(23)21-22-18(27)20-9-12-6-7-15-16(8-12)25-10-24-15/h2-8,11H,9-10H2,1H3,(H,21,23)(H2,20,22,27)/t11-/m0/s1. The summed E-state index contributed by atoms with van der Waals surface area (Å²) in [6, 6.07) is 11.4. The van der Waals surface area contributed by atoms with Crippen molar-refractivity contribution >= 4 is 23.2 Å². The molecule has 0 aromatic heterocycles. The molecule has 3 rings (SSSR count). The number of ether oxygens (including phenoxy) is 3. The molecule has 0 radical (unpaired) electrons. The van der Waals surface area contributed by atoms with Crippen molar-refractivity contribution in [2.45, 2.75) is 19.6 Å². The number of fused-ring (bicyclic) bond motifs is 1. The largest absolute Gasteiger partial charge is 0.478 e. The van der Waals surface area contributed by atoms with Gasteiger partial charge in [0.1, 0.15) is 0 Å². The SMILES string of the molecule is C[C@H](Oc1ccccc1F)C(=O)NNC(=S)NCc1ccc2c(c1)OCO2. The van der Waals surface area contributed by atoms with Gasteiger partial charge in [-0.3, -0.25) is 15.6 Å². The Bertz CT molecular complexity index is 849. The van der Waals surface area contributed by atoms with E-state index in [2.05, 4.69) is 16.2 Å². The number of hydrazine groups is 1. The third-order valence-corrected chi connectivity index (χ3v) is 3.95. The molecule has 1 heterocycles. The quantitative estimate of drug-likeness (QED) is 0.531. The maximum Gasteiger partial charge on any atom is 0.279 e. The number of hydrogen-bond donors (Lipinski definition) is 3. The highest BCUT2D eigenvalue weighted by Gasteiger charge is 2.17. The van der Waals surface area contributed by atoms with Gasteiger partial charge < -0.3 is 19.5 Å². The molecular formula is C18H18FN3O4S. The number of para-hydroxylation sites is 1. The van der Waals surface area contributed by atoms with Gasteiger partial charge in [-0.25, -0.2) is 4.39 Å². The first kappa shape index (κ1) is 18.7. The maximum absolute atomic E-state index is 13.6. The molecule has 2 aromatic rings. The van der Waals surface area contributed by atoms with Gasteiger partial charge in [-0.2, -0.15) is 0 Å². The fraction of sp³-hybridized carbons (Fsp3) is 0.222. The Morgan fingerprint density at radius 2 is 2.00 bits per heavy atom. The summed E-state index contributed by atoms with van der Waals surface area (Å²) in [7, 11) is 0. The second kappa shape index (κ2) is 8.54. The van der Waals surface area contributed by atoms with Gasteiger partial charge in [-0.15, -0.1) is 0 Å². The topological polar surface area (TPSA) is 80.9 Å². The molecule has 7 nitrogen and oxygen atoms in total. The normalized spacial score (nSPS) is 12.8. The molecule has 0 bridgehead atoms. The van der Waals surface area contributed by atoms with Crippen molar-refractivity contribution in [3.63, 3.8) is 0 Å². The second-order valence-corrected chi connectivity index (χ2v) is 6.08. The first-order valence-electron chi connectivity index (χ1n) is 8.16. The van der Waals surface area contributed by atoms with E-state index >= 15 is 0 Å². The van der Waals surface area contributed by atoms with Crippen molar-refractivity contribution < 1.29 is 23.4 Å². The molecule has 0 aliphatic carbocycles. The molecule has 3 N–H and O–H groups in total. The molecule has 1 amide bonds. The van der Waals surface area contributed by atoms with Crippen LogP contribution in [0.1, 0.15) is 12.5 Å². The Labute approximate surface area is 160 Å². The van der Waals surface area contributed by atoms with Gasteiger partial charge in [0.05, 0.1) is 0 Å². The summed E-state index contributed by atoms with van der Waals surface area (Å²) in [5, 5.41) is 3.17. The Balaban J connectivity index is 1.42. The molecule has 0 spiro atoms. The molecule has 27 heavy (non-hydrogen) atoms. The van der Waals surface area contributed by atoms with Gasteiger partial charge >= 0.3 is 0 Å². The van der Waals surface area contributed by atoms with Crippen LogP contribution in [0.25, 0.3) is 0 Å². The van der Waals surface area contributed by atoms with Crippen LogP contribution in [0.2, 0.25) is 0 Å². The molecule has 1 atom stereocenters. The van der Waals surface area contributed by atoms with E-state index in [0.717, 1.165) is 5.56 Å². The summed E-state index contributed by atoms with van der Waals surface area (Å²) < 4.78 is 29.4. The Morgan fingerprint density at radius 3 is 2.81 bits per heavy atom. The average Bonchev–Trinajstić information content (AvgIpc) is 3.14. The van der Waals surface area contributed by atoms with Crippen LogP contribution in [0.5, 0.6) is 17.2 Å². The minimum atomic E-state index is -0.911. The highest BCUT2D eigenvalue weighted by molar-refractivity contribution is 7.80. The van der Waals surface area contributed by atoms with E-state index in [1.807, 2.05) is 18.2 Å². The predicted molar refractivity (Wildman–Crippen MR) is 99.8 cm³/mol. The minimum Gasteiger partial charge on any atom is -0.478 e. The lowest BCUT2D eigenvalue weighted by molar-refractivity contribution is -0.127. The number of amides is 1. The number of nitrogens with one attached hydrogen (secondary N) is 3. The van der Waals surface area contributed by atoms with Crippen LogP contribution in [0.15, 0.2) is 42.5 Å². The van der Waals surface area contributed by atoms with Crippen molar-refractivity contribution in [3.8, 4) is 17.2 Å². The number of rotatable bonds is 5. The van der Waals surface area contributed by atoms with Crippen LogP contribution in [0, 0.1) is 5.82 Å². The summed E-state index contributed by atoms with van der Waals surface area (Å²) >= 11 is 5.11. The lowest BCUT2D eigenvalue weighted by Crippen LogP contribution is -2.50. The molecule has 1 aliphatic rings. The number of hydrogen-bond acceptors (Lipinski definition) is 5. The fourth-order valence-corrected chi connectivity index (χ4v) is 2.40. The van der Waals surface area contributed by atoms with Crippen LogP contribution in [-0.4, -0.2) is 23.9 Å². The molecule has 0 fully saturated rings. The van der Waals surface area contributed by atoms with Gasteiger partial charge in [0.2, 0.25) is 6.79 Å². The third-order valence-electron chi connectivity index (χ3n) is 3.70. The monoisotopic (exact) mass is 391 g/mol. The summed E-state index contributed by atoms with van der Waals surface area (Å²) in [6.45, 7) is 2.15. The number of carbonyl (C=O) groups excluding carboxylic acids is 1. The zero-order valence-electron chi connectivity index (χ0n) is 14.5. The van der Waals surface area contributed by atoms with Crippen LogP contribution < -0.4 is 30.4 Å². The van der Waals surface area contributed by atoms with Gasteiger partial charge in [-0.05, 0) is 49.0 Å². The van der Waals surface area contributed by atoms with Crippen molar-refractivity contribution in [1.82, 2.24) is 16.2 Å². The molecule has 2 aromatic carbocycles. The van der Waals surface area contributed by atoms with E-state index < -0.39 is 17.8 Å². The van der Waals surface area contributed by atoms with Crippen molar-refractivity contribution in [3.05, 3.63) is 53.8 Å². The smallest absolute Gasteiger partial charge is 0.279 e. The Kier molecular flexibility index (Phi) is 5.92. The fourth-order valence-electron chi connectivity index (χ4n) is 2.28. The van der Waals surface area contributed by atoms with E-state index in [1.54, 1.807) is 12.1 Å². The first-order chi connectivity index (χ1) is 13.0. The third kappa shape index (κ3) is 4.98. The Hall–Kier alpha value is -3.07. The molecule has 0 unspecified atom stereocenters. The first-order valence-corrected chi connectivity index (χ1v) is 8.57. The molecule has 9 heteroatoms. The zero-order chi connectivity index (χ0) is 19.2. The van der Waals surface area contributed by atoms with Crippen molar-refractivity contribution in [1.29, 1.82) is 0 Å². The zero-order valence-corrected chi connectivity index (χ0v) is 15.3. The summed E-state index contributed by atoms with van der Waals surface area (Å²) in [6.07, 6.45) is -0.911. The van der Waals surface area contributed by atoms with E-state index in [-0.39, 0.29) is 17.7 Å². The van der Waals surface area contributed by atoms with E-state index in [1.165, 1.54) is 19.1 Å². The highest BCUT2D eigenvalue weighted by atomic mass is 32.1. The van der Waals surface area contributed by atoms with Gasteiger partial charge in [0, 0.05) is 6.54 Å². The number of carbonyl (C=O) groups is 1. The molecule has 0 saturated heterocycles. The van der Waals surface area contributed by atoms with E-state index in [0.29, 0.717) is 18.0 Å². The van der Waals surface area contributed by atoms with Gasteiger partial charge in [-0.1, -0.05) is 18.2 Å². The predicted octanol–water partition coefficient (Wildman–Crippen LogP) is 2.02. The number of benzene rings is 2. The number of halogens is 1. The van der Waals surface area contributed by atoms with Crippen LogP contribution in [0.4, 0.5) is 4.39 Å². The maximum atomic E-state index is 13.6. The molecular weight excluding hydrogens is 373 g/mol. The van der Waals surface area contributed by atoms with Gasteiger partial charge in [0.15, 0.2) is 34.3 Å². The lowest BCUT2D eigenvalue weighted by atomic mass is 10.2. The minimum absolute atomic E-state index is 0.00339. The number of thiocarbonyl (C=S) groups is 1.